The zero-order valence-electron chi connectivity index (χ0n) is 43.4. The molecule has 0 aromatic carbocycles. The fourth-order valence-corrected chi connectivity index (χ4v) is 8.61. The van der Waals surface area contributed by atoms with Gasteiger partial charge in [0.15, 0.2) is 5.96 Å². The number of esters is 2. The number of aliphatic hydroxyl groups is 1. The maximum Gasteiger partial charge on any atom is 0.306 e. The lowest BCUT2D eigenvalue weighted by Crippen LogP contribution is -2.41. The topological polar surface area (TPSA) is 193 Å². The first-order chi connectivity index (χ1) is 32.1. The molecule has 0 rings (SSSR count). The van der Waals surface area contributed by atoms with Gasteiger partial charge in [0.1, 0.15) is 6.10 Å². The second kappa shape index (κ2) is 49.0. The van der Waals surface area contributed by atoms with Gasteiger partial charge in [0, 0.05) is 32.5 Å². The van der Waals surface area contributed by atoms with Crippen LogP contribution in [0.5, 0.6) is 0 Å². The van der Waals surface area contributed by atoms with Crippen LogP contribution in [0.15, 0.2) is 0 Å². The largest absolute Gasteiger partial charge is 0.466 e. The van der Waals surface area contributed by atoms with E-state index in [2.05, 4.69) is 36.3 Å². The van der Waals surface area contributed by atoms with Crippen molar-refractivity contribution in [2.75, 3.05) is 39.3 Å². The van der Waals surface area contributed by atoms with Crippen LogP contribution < -0.4 is 22.1 Å². The van der Waals surface area contributed by atoms with Crippen molar-refractivity contribution >= 4 is 23.8 Å². The minimum Gasteiger partial charge on any atom is -0.466 e. The minimum absolute atomic E-state index is 0.0228. The summed E-state index contributed by atoms with van der Waals surface area (Å²) >= 11 is 0. The summed E-state index contributed by atoms with van der Waals surface area (Å²) in [6, 6.07) is -0.596. The van der Waals surface area contributed by atoms with Gasteiger partial charge < -0.3 is 41.6 Å². The Hall–Kier alpha value is -2.44. The van der Waals surface area contributed by atoms with E-state index in [1.165, 1.54) is 109 Å². The predicted molar refractivity (Wildman–Crippen MR) is 277 cm³/mol. The fraction of sp³-hybridized carbons (Fsp3) is 0.926. The SMILES string of the molecule is CCCCCCCCCCCOC(=O)CCCCCN(CCCCCCCC(=O)OC(CCCCCCCC)CCCCCCCC)CC(O)CCCCNC(=O)[C@@H](N)CCCNC(=N)N. The van der Waals surface area contributed by atoms with Crippen LogP contribution >= 0.6 is 0 Å². The Morgan fingerprint density at radius 2 is 0.970 bits per heavy atom. The van der Waals surface area contributed by atoms with E-state index in [-0.39, 0.29) is 29.9 Å². The standard InChI is InChI=1S/C54H108N6O6/c1-4-7-10-13-16-17-18-24-34-46-65-51(62)40-29-25-33-45-60(47-48(61)36-30-31-42-58-53(64)50(55)39-35-43-59-54(56)57)44-32-23-19-22-28-41-52(63)66-49(37-26-20-14-11-8-5-2)38-27-21-15-12-9-6-3/h48-50,61H,4-47,55H2,1-3H3,(H,58,64)(H4,56,57,59)/t48?,50-/m0/s1. The van der Waals surface area contributed by atoms with Crippen molar-refractivity contribution in [2.45, 2.75) is 283 Å². The number of ether oxygens (including phenoxy) is 2. The van der Waals surface area contributed by atoms with Crippen LogP contribution in [0.1, 0.15) is 265 Å². The fourth-order valence-electron chi connectivity index (χ4n) is 8.61. The molecule has 0 saturated heterocycles. The van der Waals surface area contributed by atoms with E-state index in [1.807, 2.05) is 0 Å². The first kappa shape index (κ1) is 63.6. The molecule has 390 valence electrons. The molecule has 0 aliphatic rings. The Labute approximate surface area is 406 Å². The molecule has 0 fully saturated rings. The number of nitrogens with one attached hydrogen (secondary N) is 3. The van der Waals surface area contributed by atoms with Gasteiger partial charge in [0.05, 0.1) is 18.8 Å². The molecular weight excluding hydrogens is 829 g/mol. The quantitative estimate of drug-likeness (QED) is 0.0148. The molecule has 0 bridgehead atoms. The Bertz CT molecular complexity index is 1100. The van der Waals surface area contributed by atoms with Gasteiger partial charge in [-0.15, -0.1) is 0 Å². The summed E-state index contributed by atoms with van der Waals surface area (Å²) in [4.78, 5) is 40.0. The van der Waals surface area contributed by atoms with E-state index in [9.17, 15) is 19.5 Å². The van der Waals surface area contributed by atoms with Crippen molar-refractivity contribution in [3.05, 3.63) is 0 Å². The van der Waals surface area contributed by atoms with E-state index in [1.54, 1.807) is 0 Å². The first-order valence-corrected chi connectivity index (χ1v) is 28.0. The second-order valence-electron chi connectivity index (χ2n) is 19.4. The molecule has 1 amide bonds. The van der Waals surface area contributed by atoms with Crippen molar-refractivity contribution in [3.63, 3.8) is 0 Å². The number of rotatable bonds is 51. The lowest BCUT2D eigenvalue weighted by atomic mass is 10.0. The monoisotopic (exact) mass is 937 g/mol. The van der Waals surface area contributed by atoms with Gasteiger partial charge in [-0.3, -0.25) is 19.8 Å². The zero-order valence-corrected chi connectivity index (χ0v) is 43.4. The van der Waals surface area contributed by atoms with E-state index < -0.39 is 12.1 Å². The van der Waals surface area contributed by atoms with Crippen molar-refractivity contribution in [1.82, 2.24) is 15.5 Å². The van der Waals surface area contributed by atoms with Crippen molar-refractivity contribution in [3.8, 4) is 0 Å². The molecule has 0 aromatic heterocycles. The molecule has 0 radical (unpaired) electrons. The van der Waals surface area contributed by atoms with Gasteiger partial charge >= 0.3 is 11.9 Å². The average molecular weight is 937 g/mol. The summed E-state index contributed by atoms with van der Waals surface area (Å²) < 4.78 is 11.6. The molecule has 8 N–H and O–H groups in total. The lowest BCUT2D eigenvalue weighted by Gasteiger charge is -2.25. The molecule has 66 heavy (non-hydrogen) atoms. The van der Waals surface area contributed by atoms with E-state index >= 15 is 0 Å². The Morgan fingerprint density at radius 1 is 0.530 bits per heavy atom. The number of amides is 1. The number of nitrogens with two attached hydrogens (primary N) is 2. The third kappa shape index (κ3) is 45.3. The third-order valence-electron chi connectivity index (χ3n) is 12.9. The highest BCUT2D eigenvalue weighted by Gasteiger charge is 2.16. The number of aliphatic hydroxyl groups excluding tert-OH is 1. The van der Waals surface area contributed by atoms with Gasteiger partial charge in [-0.1, -0.05) is 162 Å². The highest BCUT2D eigenvalue weighted by Crippen LogP contribution is 2.19. The van der Waals surface area contributed by atoms with Gasteiger partial charge in [0.25, 0.3) is 0 Å². The Balaban J connectivity index is 4.71. The number of guanidine groups is 1. The van der Waals surface area contributed by atoms with E-state index in [0.717, 1.165) is 116 Å². The molecule has 0 spiro atoms. The maximum atomic E-state index is 12.9. The highest BCUT2D eigenvalue weighted by molar-refractivity contribution is 5.81. The average Bonchev–Trinajstić information content (AvgIpc) is 3.29. The molecule has 12 heteroatoms. The summed E-state index contributed by atoms with van der Waals surface area (Å²) in [6.45, 7) is 10.7. The summed E-state index contributed by atoms with van der Waals surface area (Å²) in [5.41, 5.74) is 11.3. The summed E-state index contributed by atoms with van der Waals surface area (Å²) in [7, 11) is 0. The normalized spacial score (nSPS) is 12.4. The molecule has 0 aromatic rings. The summed E-state index contributed by atoms with van der Waals surface area (Å²) in [5.74, 6) is -0.376. The van der Waals surface area contributed by atoms with Crippen molar-refractivity contribution in [1.29, 1.82) is 5.41 Å². The van der Waals surface area contributed by atoms with Gasteiger partial charge in [-0.25, -0.2) is 0 Å². The Morgan fingerprint density at radius 3 is 1.52 bits per heavy atom. The summed E-state index contributed by atoms with van der Waals surface area (Å²) in [6.07, 6.45) is 40.1. The molecule has 0 heterocycles. The van der Waals surface area contributed by atoms with Crippen LogP contribution in [-0.2, 0) is 23.9 Å². The van der Waals surface area contributed by atoms with Crippen LogP contribution in [0.2, 0.25) is 0 Å². The van der Waals surface area contributed by atoms with Crippen molar-refractivity contribution < 1.29 is 29.0 Å². The zero-order chi connectivity index (χ0) is 48.6. The van der Waals surface area contributed by atoms with Gasteiger partial charge in [-0.2, -0.15) is 0 Å². The van der Waals surface area contributed by atoms with Crippen LogP contribution in [0.3, 0.4) is 0 Å². The maximum absolute atomic E-state index is 12.9. The van der Waals surface area contributed by atoms with Crippen LogP contribution in [0, 0.1) is 5.41 Å². The molecule has 1 unspecified atom stereocenters. The molecule has 2 atom stereocenters. The number of hydrogen-bond acceptors (Lipinski definition) is 9. The highest BCUT2D eigenvalue weighted by atomic mass is 16.5. The van der Waals surface area contributed by atoms with Gasteiger partial charge in [0.2, 0.25) is 5.91 Å². The van der Waals surface area contributed by atoms with Crippen LogP contribution in [-0.4, -0.2) is 91.4 Å². The number of unbranched alkanes of at least 4 members (excludes halogenated alkanes) is 25. The third-order valence-corrected chi connectivity index (χ3v) is 12.9. The van der Waals surface area contributed by atoms with Crippen LogP contribution in [0.25, 0.3) is 0 Å². The number of carbonyl (C=O) groups is 3. The first-order valence-electron chi connectivity index (χ1n) is 28.0. The number of nitrogens with zero attached hydrogens (tertiary/aromatic N) is 1. The van der Waals surface area contributed by atoms with Crippen molar-refractivity contribution in [2.24, 2.45) is 11.5 Å². The predicted octanol–water partition coefficient (Wildman–Crippen LogP) is 11.9. The van der Waals surface area contributed by atoms with Gasteiger partial charge in [-0.05, 0) is 103 Å². The molecule has 12 nitrogen and oxygen atoms in total. The second-order valence-corrected chi connectivity index (χ2v) is 19.4. The van der Waals surface area contributed by atoms with Crippen LogP contribution in [0.4, 0.5) is 0 Å². The number of hydrogen-bond donors (Lipinski definition) is 6. The molecule has 0 aliphatic carbocycles. The molecule has 0 saturated carbocycles. The van der Waals surface area contributed by atoms with E-state index in [0.29, 0.717) is 58.3 Å². The lowest BCUT2D eigenvalue weighted by molar-refractivity contribution is -0.150. The molecule has 0 aliphatic heterocycles. The van der Waals surface area contributed by atoms with E-state index in [4.69, 9.17) is 26.4 Å². The summed E-state index contributed by atoms with van der Waals surface area (Å²) in [5, 5.41) is 23.9. The minimum atomic E-state index is -0.596. The molecular formula is C54H108N6O6. The number of carbonyl (C=O) groups excluding carboxylic acids is 3. The Kier molecular flexibility index (Phi) is 47.2. The smallest absolute Gasteiger partial charge is 0.306 e.